The molecule has 0 radical (unpaired) electrons. The van der Waals surface area contributed by atoms with Crippen LogP contribution in [0.4, 0.5) is 11.4 Å². The number of hydrogen-bond acceptors (Lipinski definition) is 2. The van der Waals surface area contributed by atoms with Crippen LogP contribution in [0, 0.1) is 5.92 Å². The standard InChI is InChI=1S/C18H15NS/c1-2-9-16-15(8-1)19-11-12-5-3-6-13(12)14-7-4-10-17(20-16)18(14)19/h1-4,6-10,12-13H,5,11H2/t12-,13+/m0/s1. The zero-order valence-electron chi connectivity index (χ0n) is 11.1. The van der Waals surface area contributed by atoms with E-state index in [9.17, 15) is 0 Å². The van der Waals surface area contributed by atoms with Crippen molar-refractivity contribution in [2.75, 3.05) is 11.4 Å². The molecule has 5 rings (SSSR count). The first kappa shape index (κ1) is 11.0. The molecule has 2 aromatic rings. The molecular formula is C18H15NS. The lowest BCUT2D eigenvalue weighted by molar-refractivity contribution is 0.494. The van der Waals surface area contributed by atoms with E-state index in [4.69, 9.17) is 0 Å². The average Bonchev–Trinajstić information content (AvgIpc) is 2.96. The van der Waals surface area contributed by atoms with Crippen LogP contribution in [0.1, 0.15) is 17.9 Å². The number of anilines is 2. The van der Waals surface area contributed by atoms with Gasteiger partial charge < -0.3 is 4.90 Å². The molecule has 3 aliphatic rings. The highest BCUT2D eigenvalue weighted by molar-refractivity contribution is 7.99. The summed E-state index contributed by atoms with van der Waals surface area (Å²) in [7, 11) is 0. The fourth-order valence-electron chi connectivity index (χ4n) is 3.86. The minimum absolute atomic E-state index is 0.632. The van der Waals surface area contributed by atoms with E-state index in [1.807, 2.05) is 11.8 Å². The van der Waals surface area contributed by atoms with Gasteiger partial charge in [-0.1, -0.05) is 48.2 Å². The predicted octanol–water partition coefficient (Wildman–Crippen LogP) is 4.96. The summed E-state index contributed by atoms with van der Waals surface area (Å²) in [5.74, 6) is 1.38. The van der Waals surface area contributed by atoms with E-state index in [1.54, 1.807) is 0 Å². The Morgan fingerprint density at radius 1 is 1.00 bits per heavy atom. The first-order valence-electron chi connectivity index (χ1n) is 7.26. The van der Waals surface area contributed by atoms with Crippen LogP contribution in [0.5, 0.6) is 0 Å². The molecule has 1 aliphatic carbocycles. The zero-order valence-corrected chi connectivity index (χ0v) is 11.9. The Balaban J connectivity index is 1.78. The van der Waals surface area contributed by atoms with E-state index in [-0.39, 0.29) is 0 Å². The fourth-order valence-corrected chi connectivity index (χ4v) is 5.00. The van der Waals surface area contributed by atoms with Gasteiger partial charge in [0.2, 0.25) is 0 Å². The van der Waals surface area contributed by atoms with Crippen LogP contribution in [0.25, 0.3) is 0 Å². The number of fused-ring (bicyclic) bond motifs is 4. The van der Waals surface area contributed by atoms with E-state index in [1.165, 1.54) is 33.2 Å². The topological polar surface area (TPSA) is 3.24 Å². The maximum Gasteiger partial charge on any atom is 0.0591 e. The summed E-state index contributed by atoms with van der Waals surface area (Å²) in [5, 5.41) is 0. The predicted molar refractivity (Wildman–Crippen MR) is 84.0 cm³/mol. The molecule has 2 aliphatic heterocycles. The summed E-state index contributed by atoms with van der Waals surface area (Å²) in [5.41, 5.74) is 4.38. The zero-order chi connectivity index (χ0) is 13.1. The van der Waals surface area contributed by atoms with Gasteiger partial charge in [0.25, 0.3) is 0 Å². The van der Waals surface area contributed by atoms with Gasteiger partial charge in [0.1, 0.15) is 0 Å². The van der Waals surface area contributed by atoms with E-state index >= 15 is 0 Å². The van der Waals surface area contributed by atoms with E-state index < -0.39 is 0 Å². The van der Waals surface area contributed by atoms with Crippen molar-refractivity contribution in [3.8, 4) is 0 Å². The average molecular weight is 277 g/mol. The van der Waals surface area contributed by atoms with Gasteiger partial charge in [-0.15, -0.1) is 0 Å². The largest absolute Gasteiger partial charge is 0.339 e. The van der Waals surface area contributed by atoms with E-state index in [0.29, 0.717) is 5.92 Å². The highest BCUT2D eigenvalue weighted by atomic mass is 32.2. The molecule has 98 valence electrons. The van der Waals surface area contributed by atoms with Crippen molar-refractivity contribution in [2.45, 2.75) is 22.1 Å². The van der Waals surface area contributed by atoms with Crippen molar-refractivity contribution in [3.63, 3.8) is 0 Å². The second-order valence-electron chi connectivity index (χ2n) is 5.82. The summed E-state index contributed by atoms with van der Waals surface area (Å²) in [6, 6.07) is 15.6. The van der Waals surface area contributed by atoms with Crippen molar-refractivity contribution in [3.05, 3.63) is 60.2 Å². The molecule has 1 nitrogen and oxygen atoms in total. The maximum absolute atomic E-state index is 2.56. The Labute approximate surface area is 123 Å². The van der Waals surface area contributed by atoms with Gasteiger partial charge >= 0.3 is 0 Å². The molecule has 0 N–H and O–H groups in total. The molecule has 2 atom stereocenters. The number of allylic oxidation sites excluding steroid dienone is 2. The maximum atomic E-state index is 2.56. The van der Waals surface area contributed by atoms with Crippen molar-refractivity contribution in [1.29, 1.82) is 0 Å². The lowest BCUT2D eigenvalue weighted by Gasteiger charge is -2.42. The Kier molecular flexibility index (Phi) is 2.16. The van der Waals surface area contributed by atoms with Crippen LogP contribution in [-0.4, -0.2) is 6.54 Å². The summed E-state index contributed by atoms with van der Waals surface area (Å²) in [6.45, 7) is 1.15. The minimum Gasteiger partial charge on any atom is -0.339 e. The smallest absolute Gasteiger partial charge is 0.0591 e. The monoisotopic (exact) mass is 277 g/mol. The third-order valence-corrected chi connectivity index (χ3v) is 5.86. The van der Waals surface area contributed by atoms with Gasteiger partial charge in [0.15, 0.2) is 0 Å². The van der Waals surface area contributed by atoms with Gasteiger partial charge in [-0.05, 0) is 36.1 Å². The number of nitrogens with zero attached hydrogens (tertiary/aromatic N) is 1. The Morgan fingerprint density at radius 3 is 2.90 bits per heavy atom. The van der Waals surface area contributed by atoms with Crippen LogP contribution in [-0.2, 0) is 0 Å². The number of para-hydroxylation sites is 2. The SMILES string of the molecule is C1=C[C@H]2c3cccc4c3N(C[C@@H]2C1)c1ccccc1S4. The van der Waals surface area contributed by atoms with Gasteiger partial charge in [-0.25, -0.2) is 0 Å². The molecule has 0 spiro atoms. The molecule has 0 unspecified atom stereocenters. The van der Waals surface area contributed by atoms with Crippen molar-refractivity contribution in [2.24, 2.45) is 5.92 Å². The van der Waals surface area contributed by atoms with E-state index in [2.05, 4.69) is 59.5 Å². The van der Waals surface area contributed by atoms with Crippen LogP contribution >= 0.6 is 11.8 Å². The lowest BCUT2D eigenvalue weighted by atomic mass is 9.83. The molecule has 0 saturated heterocycles. The van der Waals surface area contributed by atoms with Crippen LogP contribution in [0.15, 0.2) is 64.4 Å². The van der Waals surface area contributed by atoms with Gasteiger partial charge in [-0.2, -0.15) is 0 Å². The number of benzene rings is 2. The lowest BCUT2D eigenvalue weighted by Crippen LogP contribution is -2.34. The highest BCUT2D eigenvalue weighted by Crippen LogP contribution is 2.55. The van der Waals surface area contributed by atoms with Crippen molar-refractivity contribution >= 4 is 23.1 Å². The van der Waals surface area contributed by atoms with Crippen LogP contribution in [0.2, 0.25) is 0 Å². The van der Waals surface area contributed by atoms with Gasteiger partial charge in [-0.3, -0.25) is 0 Å². The molecular weight excluding hydrogens is 262 g/mol. The summed E-state index contributed by atoms with van der Waals surface area (Å²) in [4.78, 5) is 5.37. The van der Waals surface area contributed by atoms with Crippen molar-refractivity contribution < 1.29 is 0 Å². The fraction of sp³-hybridized carbons (Fsp3) is 0.222. The molecule has 0 saturated carbocycles. The van der Waals surface area contributed by atoms with E-state index in [0.717, 1.165) is 12.5 Å². The molecule has 0 fully saturated rings. The Bertz CT molecular complexity index is 734. The molecule has 20 heavy (non-hydrogen) atoms. The Morgan fingerprint density at radius 2 is 1.90 bits per heavy atom. The quantitative estimate of drug-likeness (QED) is 0.626. The second-order valence-corrected chi connectivity index (χ2v) is 6.91. The number of rotatable bonds is 0. The summed E-state index contributed by atoms with van der Waals surface area (Å²) < 4.78 is 0. The summed E-state index contributed by atoms with van der Waals surface area (Å²) >= 11 is 1.92. The molecule has 0 aromatic heterocycles. The van der Waals surface area contributed by atoms with Gasteiger partial charge in [0, 0.05) is 22.3 Å². The highest BCUT2D eigenvalue weighted by Gasteiger charge is 2.38. The normalized spacial score (nSPS) is 25.1. The summed E-state index contributed by atoms with van der Waals surface area (Å²) in [6.07, 6.45) is 6.01. The molecule has 0 bridgehead atoms. The third-order valence-electron chi connectivity index (χ3n) is 4.74. The van der Waals surface area contributed by atoms with Crippen LogP contribution in [0.3, 0.4) is 0 Å². The first-order valence-corrected chi connectivity index (χ1v) is 8.07. The second kappa shape index (κ2) is 3.92. The third kappa shape index (κ3) is 1.35. The Hall–Kier alpha value is -1.67. The molecule has 2 heterocycles. The molecule has 0 amide bonds. The number of hydrogen-bond donors (Lipinski definition) is 0. The van der Waals surface area contributed by atoms with Crippen LogP contribution < -0.4 is 4.90 Å². The van der Waals surface area contributed by atoms with Crippen molar-refractivity contribution in [1.82, 2.24) is 0 Å². The van der Waals surface area contributed by atoms with Gasteiger partial charge in [0.05, 0.1) is 11.4 Å². The first-order chi connectivity index (χ1) is 9.92. The minimum atomic E-state index is 0.632. The molecule has 2 aromatic carbocycles. The molecule has 2 heteroatoms.